The van der Waals surface area contributed by atoms with E-state index in [1.807, 2.05) is 39.8 Å². The highest BCUT2D eigenvalue weighted by Crippen LogP contribution is 2.11. The molecule has 1 rings (SSSR count). The molecule has 0 aliphatic carbocycles. The van der Waals surface area contributed by atoms with Gasteiger partial charge < -0.3 is 10.4 Å². The molecule has 0 aliphatic heterocycles. The van der Waals surface area contributed by atoms with Crippen molar-refractivity contribution in [1.82, 2.24) is 5.32 Å². The summed E-state index contributed by atoms with van der Waals surface area (Å²) in [4.78, 5) is 11.1. The number of hydrogen-bond acceptors (Lipinski definition) is 3. The fourth-order valence-corrected chi connectivity index (χ4v) is 1.32. The second kappa shape index (κ2) is 12.1. The minimum atomic E-state index is -0.139. The van der Waals surface area contributed by atoms with Crippen LogP contribution in [0, 0.1) is 0 Å². The number of ketones is 1. The normalized spacial score (nSPS) is 10.3. The molecule has 2 N–H and O–H groups in total. The van der Waals surface area contributed by atoms with Gasteiger partial charge in [0.1, 0.15) is 11.5 Å². The average molecular weight is 253 g/mol. The molecule has 1 aromatic carbocycles. The van der Waals surface area contributed by atoms with Crippen LogP contribution in [0.25, 0.3) is 0 Å². The van der Waals surface area contributed by atoms with Crippen molar-refractivity contribution in [3.05, 3.63) is 29.8 Å². The lowest BCUT2D eigenvalue weighted by Gasteiger charge is -2.12. The highest BCUT2D eigenvalue weighted by Gasteiger charge is 2.11. The molecule has 1 atom stereocenters. The molecule has 18 heavy (non-hydrogen) atoms. The molecule has 0 radical (unpaired) electrons. The van der Waals surface area contributed by atoms with E-state index in [2.05, 4.69) is 5.32 Å². The van der Waals surface area contributed by atoms with Crippen LogP contribution in [0.2, 0.25) is 0 Å². The Morgan fingerprint density at radius 3 is 1.94 bits per heavy atom. The number of aromatic hydroxyl groups is 1. The average Bonchev–Trinajstić information content (AvgIpc) is 2.42. The van der Waals surface area contributed by atoms with Gasteiger partial charge in [-0.2, -0.15) is 0 Å². The predicted octanol–water partition coefficient (Wildman–Crippen LogP) is 3.16. The van der Waals surface area contributed by atoms with E-state index in [1.165, 1.54) is 0 Å². The van der Waals surface area contributed by atoms with E-state index in [9.17, 15) is 4.79 Å². The van der Waals surface area contributed by atoms with Crippen LogP contribution in [-0.2, 0) is 11.2 Å². The van der Waals surface area contributed by atoms with Crippen molar-refractivity contribution in [1.29, 1.82) is 0 Å². The molecule has 0 heterocycles. The maximum atomic E-state index is 11.1. The first kappa shape index (κ1) is 19.0. The van der Waals surface area contributed by atoms with Crippen LogP contribution in [0.1, 0.15) is 40.2 Å². The Bertz CT molecular complexity index is 307. The summed E-state index contributed by atoms with van der Waals surface area (Å²) in [5, 5.41) is 12.0. The third kappa shape index (κ3) is 7.85. The summed E-state index contributed by atoms with van der Waals surface area (Å²) in [6, 6.07) is 6.76. The van der Waals surface area contributed by atoms with Gasteiger partial charge in [0, 0.05) is 0 Å². The molecule has 0 saturated carbocycles. The highest BCUT2D eigenvalue weighted by atomic mass is 16.3. The number of likely N-dealkylation sites (N-methyl/N-ethyl adjacent to an activating group) is 1. The minimum absolute atomic E-state index is 0.126. The predicted molar refractivity (Wildman–Crippen MR) is 78.0 cm³/mol. The van der Waals surface area contributed by atoms with Gasteiger partial charge in [-0.1, -0.05) is 39.8 Å². The first-order chi connectivity index (χ1) is 8.63. The Balaban J connectivity index is 0. The third-order valence-electron chi connectivity index (χ3n) is 2.22. The number of hydrogen-bond donors (Lipinski definition) is 2. The molecule has 1 aromatic rings. The Morgan fingerprint density at radius 1 is 1.17 bits per heavy atom. The first-order valence-electron chi connectivity index (χ1n) is 6.59. The van der Waals surface area contributed by atoms with Crippen molar-refractivity contribution in [3.8, 4) is 5.75 Å². The molecule has 0 saturated heterocycles. The third-order valence-corrected chi connectivity index (χ3v) is 2.22. The fourth-order valence-electron chi connectivity index (χ4n) is 1.32. The maximum absolute atomic E-state index is 11.1. The van der Waals surface area contributed by atoms with Gasteiger partial charge >= 0.3 is 0 Å². The zero-order chi connectivity index (χ0) is 14.6. The van der Waals surface area contributed by atoms with Crippen molar-refractivity contribution in [2.45, 2.75) is 47.1 Å². The molecule has 3 nitrogen and oxygen atoms in total. The monoisotopic (exact) mass is 253 g/mol. The second-order valence-electron chi connectivity index (χ2n) is 3.32. The molecule has 0 amide bonds. The van der Waals surface area contributed by atoms with Crippen molar-refractivity contribution in [2.24, 2.45) is 0 Å². The Labute approximate surface area is 111 Å². The first-order valence-corrected chi connectivity index (χ1v) is 6.59. The largest absolute Gasteiger partial charge is 0.508 e. The lowest BCUT2D eigenvalue weighted by Crippen LogP contribution is -2.34. The summed E-state index contributed by atoms with van der Waals surface area (Å²) in [6.07, 6.45) is 0.659. The van der Waals surface area contributed by atoms with E-state index in [1.54, 1.807) is 26.1 Å². The van der Waals surface area contributed by atoms with Crippen molar-refractivity contribution in [3.63, 3.8) is 0 Å². The Hall–Kier alpha value is -1.35. The van der Waals surface area contributed by atoms with Crippen LogP contribution in [0.3, 0.4) is 0 Å². The summed E-state index contributed by atoms with van der Waals surface area (Å²) in [7, 11) is 1.77. The lowest BCUT2D eigenvalue weighted by atomic mass is 10.0. The van der Waals surface area contributed by atoms with E-state index in [4.69, 9.17) is 5.11 Å². The van der Waals surface area contributed by atoms with Crippen LogP contribution in [-0.4, -0.2) is 24.0 Å². The molecule has 0 aromatic heterocycles. The summed E-state index contributed by atoms with van der Waals surface area (Å²) < 4.78 is 0. The Morgan fingerprint density at radius 2 is 1.61 bits per heavy atom. The van der Waals surface area contributed by atoms with Gasteiger partial charge in [0.15, 0.2) is 0 Å². The number of benzene rings is 1. The van der Waals surface area contributed by atoms with E-state index in [-0.39, 0.29) is 17.6 Å². The topological polar surface area (TPSA) is 49.3 Å². The lowest BCUT2D eigenvalue weighted by molar-refractivity contribution is -0.118. The standard InChI is InChI=1S/C11H15NO2.2C2H6/c1-8(13)11(12-2)7-9-3-5-10(14)6-4-9;2*1-2/h3-6,11-12,14H,7H2,1-2H3;2*1-2H3. The molecule has 0 fully saturated rings. The number of Topliss-reactive ketones (excluding diaryl/α,β-unsaturated/α-hetero) is 1. The fraction of sp³-hybridized carbons (Fsp3) is 0.533. The number of carbonyl (C=O) groups is 1. The second-order valence-corrected chi connectivity index (χ2v) is 3.32. The quantitative estimate of drug-likeness (QED) is 0.866. The van der Waals surface area contributed by atoms with Crippen molar-refractivity contribution in [2.75, 3.05) is 7.05 Å². The summed E-state index contributed by atoms with van der Waals surface area (Å²) >= 11 is 0. The van der Waals surface area contributed by atoms with Crippen LogP contribution in [0.5, 0.6) is 5.75 Å². The van der Waals surface area contributed by atoms with Gasteiger partial charge in [-0.25, -0.2) is 0 Å². The number of phenolic OH excluding ortho intramolecular Hbond substituents is 1. The molecule has 104 valence electrons. The van der Waals surface area contributed by atoms with Crippen molar-refractivity contribution < 1.29 is 9.90 Å². The van der Waals surface area contributed by atoms with E-state index < -0.39 is 0 Å². The van der Waals surface area contributed by atoms with E-state index in [0.717, 1.165) is 5.56 Å². The summed E-state index contributed by atoms with van der Waals surface area (Å²) in [5.74, 6) is 0.373. The molecule has 0 aliphatic rings. The van der Waals surface area contributed by atoms with E-state index in [0.29, 0.717) is 6.42 Å². The molecule has 0 spiro atoms. The molecule has 1 unspecified atom stereocenters. The van der Waals surface area contributed by atoms with Gasteiger partial charge in [-0.3, -0.25) is 4.79 Å². The number of nitrogens with one attached hydrogen (secondary N) is 1. The maximum Gasteiger partial charge on any atom is 0.147 e. The smallest absolute Gasteiger partial charge is 0.147 e. The van der Waals surface area contributed by atoms with Crippen LogP contribution in [0.4, 0.5) is 0 Å². The number of rotatable bonds is 4. The van der Waals surface area contributed by atoms with Crippen LogP contribution >= 0.6 is 0 Å². The summed E-state index contributed by atoms with van der Waals surface area (Å²) in [5.41, 5.74) is 1.04. The molecule has 3 heteroatoms. The highest BCUT2D eigenvalue weighted by molar-refractivity contribution is 5.81. The van der Waals surface area contributed by atoms with Gasteiger partial charge in [-0.05, 0) is 38.1 Å². The molecule has 0 bridgehead atoms. The zero-order valence-electron chi connectivity index (χ0n) is 12.4. The van der Waals surface area contributed by atoms with Crippen LogP contribution < -0.4 is 5.32 Å². The zero-order valence-corrected chi connectivity index (χ0v) is 12.4. The van der Waals surface area contributed by atoms with Gasteiger partial charge in [-0.15, -0.1) is 0 Å². The van der Waals surface area contributed by atoms with Gasteiger partial charge in [0.2, 0.25) is 0 Å². The van der Waals surface area contributed by atoms with Crippen molar-refractivity contribution >= 4 is 5.78 Å². The van der Waals surface area contributed by atoms with Gasteiger partial charge in [0.05, 0.1) is 6.04 Å². The van der Waals surface area contributed by atoms with Crippen LogP contribution in [0.15, 0.2) is 24.3 Å². The SMILES string of the molecule is CC.CC.CNC(Cc1ccc(O)cc1)C(C)=O. The van der Waals surface area contributed by atoms with E-state index >= 15 is 0 Å². The number of phenols is 1. The molecular formula is C15H27NO2. The Kier molecular flexibility index (Phi) is 12.8. The minimum Gasteiger partial charge on any atom is -0.508 e. The summed E-state index contributed by atoms with van der Waals surface area (Å²) in [6.45, 7) is 9.57. The molecular weight excluding hydrogens is 226 g/mol. The van der Waals surface area contributed by atoms with Gasteiger partial charge in [0.25, 0.3) is 0 Å². The number of carbonyl (C=O) groups excluding carboxylic acids is 1.